The van der Waals surface area contributed by atoms with E-state index in [9.17, 15) is 9.59 Å². The Hall–Kier alpha value is -2.08. The van der Waals surface area contributed by atoms with Gasteiger partial charge < -0.3 is 20.1 Å². The van der Waals surface area contributed by atoms with Crippen LogP contribution in [0.1, 0.15) is 23.2 Å². The van der Waals surface area contributed by atoms with Gasteiger partial charge in [0.15, 0.2) is 6.61 Å². The molecule has 6 nitrogen and oxygen atoms in total. The van der Waals surface area contributed by atoms with E-state index < -0.39 is 0 Å². The monoisotopic (exact) mass is 276 g/mol. The largest absolute Gasteiger partial charge is 0.482 e. The molecule has 0 spiro atoms. The molecule has 3 rings (SSSR count). The molecule has 0 bridgehead atoms. The molecule has 106 valence electrons. The smallest absolute Gasteiger partial charge is 0.262 e. The molecule has 1 aliphatic heterocycles. The number of nitrogens with one attached hydrogen (secondary N) is 1. The van der Waals surface area contributed by atoms with Gasteiger partial charge in [0.25, 0.3) is 11.8 Å². The highest BCUT2D eigenvalue weighted by Gasteiger charge is 2.33. The molecule has 1 aromatic rings. The molecule has 1 heterocycles. The number of fused-ring (bicyclic) bond motifs is 1. The van der Waals surface area contributed by atoms with Crippen LogP contribution in [0.4, 0.5) is 5.69 Å². The van der Waals surface area contributed by atoms with E-state index in [2.05, 4.69) is 5.32 Å². The zero-order valence-corrected chi connectivity index (χ0v) is 11.0. The van der Waals surface area contributed by atoms with Gasteiger partial charge in [0.05, 0.1) is 12.3 Å². The van der Waals surface area contributed by atoms with Gasteiger partial charge in [-0.1, -0.05) is 0 Å². The Morgan fingerprint density at radius 2 is 2.25 bits per heavy atom. The van der Waals surface area contributed by atoms with E-state index in [-0.39, 0.29) is 31.1 Å². The van der Waals surface area contributed by atoms with Gasteiger partial charge in [-0.05, 0) is 31.0 Å². The Morgan fingerprint density at radius 1 is 1.45 bits per heavy atom. The minimum atomic E-state index is -0.198. The second kappa shape index (κ2) is 5.13. The summed E-state index contributed by atoms with van der Waals surface area (Å²) in [6.07, 6.45) is 1.98. The van der Waals surface area contributed by atoms with Crippen LogP contribution in [0.5, 0.6) is 5.75 Å². The van der Waals surface area contributed by atoms with Crippen molar-refractivity contribution in [3.05, 3.63) is 23.8 Å². The van der Waals surface area contributed by atoms with Crippen molar-refractivity contribution in [3.63, 3.8) is 0 Å². The number of amides is 2. The standard InChI is InChI=1S/C14H16N2O4/c17-6-5-16(10-2-3-10)14(19)9-1-4-11-12(7-9)20-8-13(18)15-11/h1,4,7,10,17H,2-3,5-6,8H2,(H,15,18). The summed E-state index contributed by atoms with van der Waals surface area (Å²) in [6, 6.07) is 5.22. The first-order valence-electron chi connectivity index (χ1n) is 6.67. The molecule has 2 N–H and O–H groups in total. The number of nitrogens with zero attached hydrogens (tertiary/aromatic N) is 1. The minimum Gasteiger partial charge on any atom is -0.482 e. The van der Waals surface area contributed by atoms with Crippen LogP contribution in [0.2, 0.25) is 0 Å². The lowest BCUT2D eigenvalue weighted by Gasteiger charge is -2.23. The second-order valence-corrected chi connectivity index (χ2v) is 5.00. The van der Waals surface area contributed by atoms with Gasteiger partial charge in [0, 0.05) is 18.2 Å². The molecule has 0 aromatic heterocycles. The van der Waals surface area contributed by atoms with Crippen LogP contribution in [0.3, 0.4) is 0 Å². The van der Waals surface area contributed by atoms with Gasteiger partial charge in [-0.3, -0.25) is 9.59 Å². The van der Waals surface area contributed by atoms with Crippen molar-refractivity contribution in [1.29, 1.82) is 0 Å². The van der Waals surface area contributed by atoms with Crippen molar-refractivity contribution in [2.24, 2.45) is 0 Å². The van der Waals surface area contributed by atoms with Crippen LogP contribution in [-0.4, -0.2) is 47.6 Å². The van der Waals surface area contributed by atoms with Crippen LogP contribution < -0.4 is 10.1 Å². The molecule has 1 saturated carbocycles. The van der Waals surface area contributed by atoms with Crippen molar-refractivity contribution >= 4 is 17.5 Å². The van der Waals surface area contributed by atoms with E-state index in [0.29, 0.717) is 23.5 Å². The molecule has 0 saturated heterocycles. The number of hydrogen-bond acceptors (Lipinski definition) is 4. The average Bonchev–Trinajstić information content (AvgIpc) is 3.28. The fourth-order valence-electron chi connectivity index (χ4n) is 2.32. The Balaban J connectivity index is 1.82. The molecule has 2 amide bonds. The molecule has 0 radical (unpaired) electrons. The molecule has 20 heavy (non-hydrogen) atoms. The highest BCUT2D eigenvalue weighted by molar-refractivity contribution is 5.99. The van der Waals surface area contributed by atoms with Crippen LogP contribution in [0, 0.1) is 0 Å². The van der Waals surface area contributed by atoms with Crippen LogP contribution in [0.25, 0.3) is 0 Å². The van der Waals surface area contributed by atoms with Gasteiger partial charge in [-0.2, -0.15) is 0 Å². The lowest BCUT2D eigenvalue weighted by molar-refractivity contribution is -0.118. The number of anilines is 1. The molecular formula is C14H16N2O4. The third kappa shape index (κ3) is 2.46. The number of rotatable bonds is 4. The Kier molecular flexibility index (Phi) is 3.31. The lowest BCUT2D eigenvalue weighted by Crippen LogP contribution is -2.35. The van der Waals surface area contributed by atoms with E-state index in [4.69, 9.17) is 9.84 Å². The number of benzene rings is 1. The van der Waals surface area contributed by atoms with Gasteiger partial charge >= 0.3 is 0 Å². The number of hydrogen-bond donors (Lipinski definition) is 2. The summed E-state index contributed by atoms with van der Waals surface area (Å²) < 4.78 is 5.31. The van der Waals surface area contributed by atoms with Crippen molar-refractivity contribution in [2.75, 3.05) is 25.1 Å². The Labute approximate surface area is 116 Å². The molecule has 1 aromatic carbocycles. The summed E-state index contributed by atoms with van der Waals surface area (Å²) in [5.41, 5.74) is 1.10. The fourth-order valence-corrected chi connectivity index (χ4v) is 2.32. The maximum atomic E-state index is 12.4. The lowest BCUT2D eigenvalue weighted by atomic mass is 10.1. The van der Waals surface area contributed by atoms with Crippen molar-refractivity contribution in [2.45, 2.75) is 18.9 Å². The van der Waals surface area contributed by atoms with Gasteiger partial charge in [-0.15, -0.1) is 0 Å². The van der Waals surface area contributed by atoms with Gasteiger partial charge in [-0.25, -0.2) is 0 Å². The second-order valence-electron chi connectivity index (χ2n) is 5.00. The highest BCUT2D eigenvalue weighted by Crippen LogP contribution is 2.31. The van der Waals surface area contributed by atoms with Crippen molar-refractivity contribution in [1.82, 2.24) is 4.90 Å². The summed E-state index contributed by atoms with van der Waals surface area (Å²) in [6.45, 7) is 0.269. The predicted molar refractivity (Wildman–Crippen MR) is 71.7 cm³/mol. The number of ether oxygens (including phenoxy) is 1. The third-order valence-electron chi connectivity index (χ3n) is 3.45. The van der Waals surface area contributed by atoms with Gasteiger partial charge in [0.2, 0.25) is 0 Å². The van der Waals surface area contributed by atoms with E-state index in [0.717, 1.165) is 12.8 Å². The molecule has 2 aliphatic rings. The van der Waals surface area contributed by atoms with Crippen LogP contribution in [0.15, 0.2) is 18.2 Å². The summed E-state index contributed by atoms with van der Waals surface area (Å²) in [5, 5.41) is 11.8. The van der Waals surface area contributed by atoms with Crippen molar-refractivity contribution in [3.8, 4) is 5.75 Å². The Morgan fingerprint density at radius 3 is 2.95 bits per heavy atom. The minimum absolute atomic E-state index is 0.0341. The number of aliphatic hydroxyl groups excluding tert-OH is 1. The topological polar surface area (TPSA) is 78.9 Å². The normalized spacial score (nSPS) is 16.9. The molecule has 1 aliphatic carbocycles. The zero-order valence-electron chi connectivity index (χ0n) is 11.0. The van der Waals surface area contributed by atoms with E-state index >= 15 is 0 Å². The highest BCUT2D eigenvalue weighted by atomic mass is 16.5. The number of carbonyl (C=O) groups is 2. The predicted octanol–water partition coefficient (Wildman–Crippen LogP) is 0.614. The van der Waals surface area contributed by atoms with Crippen LogP contribution in [-0.2, 0) is 4.79 Å². The summed E-state index contributed by atoms with van der Waals surface area (Å²) in [7, 11) is 0. The van der Waals surface area contributed by atoms with E-state index in [1.165, 1.54) is 0 Å². The average molecular weight is 276 g/mol. The SMILES string of the molecule is O=C1COc2cc(C(=O)N(CCO)C3CC3)ccc2N1. The first-order chi connectivity index (χ1) is 9.69. The van der Waals surface area contributed by atoms with Crippen LogP contribution >= 0.6 is 0 Å². The zero-order chi connectivity index (χ0) is 14.1. The first kappa shape index (κ1) is 12.9. The number of carbonyl (C=O) groups excluding carboxylic acids is 2. The van der Waals surface area contributed by atoms with E-state index in [1.807, 2.05) is 0 Å². The molecule has 1 fully saturated rings. The fraction of sp³-hybridized carbons (Fsp3) is 0.429. The molecule has 0 atom stereocenters. The summed E-state index contributed by atoms with van der Waals surface area (Å²) in [5.74, 6) is 0.205. The molecule has 6 heteroatoms. The quantitative estimate of drug-likeness (QED) is 0.844. The first-order valence-corrected chi connectivity index (χ1v) is 6.67. The summed E-state index contributed by atoms with van der Waals surface area (Å²) >= 11 is 0. The maximum absolute atomic E-state index is 12.4. The Bertz CT molecular complexity index is 554. The van der Waals surface area contributed by atoms with Gasteiger partial charge in [0.1, 0.15) is 5.75 Å². The molecule has 0 unspecified atom stereocenters. The third-order valence-corrected chi connectivity index (χ3v) is 3.45. The summed E-state index contributed by atoms with van der Waals surface area (Å²) in [4.78, 5) is 25.3. The maximum Gasteiger partial charge on any atom is 0.262 e. The number of aliphatic hydroxyl groups is 1. The van der Waals surface area contributed by atoms with Crippen molar-refractivity contribution < 1.29 is 19.4 Å². The van der Waals surface area contributed by atoms with E-state index in [1.54, 1.807) is 23.1 Å². The molecular weight excluding hydrogens is 260 g/mol.